The minimum atomic E-state index is -1.33. The van der Waals surface area contributed by atoms with Crippen LogP contribution >= 0.6 is 0 Å². The number of aromatic hydroxyl groups is 1. The molecule has 1 aliphatic heterocycles. The van der Waals surface area contributed by atoms with Crippen molar-refractivity contribution in [1.29, 1.82) is 0 Å². The second-order valence-electron chi connectivity index (χ2n) is 9.30. The summed E-state index contributed by atoms with van der Waals surface area (Å²) in [5, 5.41) is 24.0. The van der Waals surface area contributed by atoms with E-state index in [-0.39, 0.29) is 37.5 Å². The molecule has 1 fully saturated rings. The molecule has 0 bridgehead atoms. The van der Waals surface area contributed by atoms with Crippen molar-refractivity contribution < 1.29 is 34.2 Å². The number of nitrogens with two attached hydrogens (primary N) is 2. The number of primary amides is 1. The zero-order valence-electron chi connectivity index (χ0n) is 20.5. The number of carbonyl (C=O) groups excluding carboxylic acids is 4. The van der Waals surface area contributed by atoms with Gasteiger partial charge in [0.05, 0.1) is 6.04 Å². The molecular formula is C24H35N5O7. The highest BCUT2D eigenvalue weighted by Crippen LogP contribution is 2.21. The van der Waals surface area contributed by atoms with Gasteiger partial charge in [-0.15, -0.1) is 0 Å². The molecule has 198 valence electrons. The average molecular weight is 506 g/mol. The Morgan fingerprint density at radius 3 is 2.28 bits per heavy atom. The van der Waals surface area contributed by atoms with Crippen molar-refractivity contribution >= 4 is 29.6 Å². The van der Waals surface area contributed by atoms with E-state index < -0.39 is 53.8 Å². The third kappa shape index (κ3) is 7.94. The minimum absolute atomic E-state index is 0.0492. The number of phenols is 1. The molecule has 0 spiro atoms. The summed E-state index contributed by atoms with van der Waals surface area (Å²) in [6, 6.07) is 2.00. The maximum atomic E-state index is 13.6. The van der Waals surface area contributed by atoms with Crippen LogP contribution in [0.25, 0.3) is 0 Å². The molecule has 1 aromatic rings. The van der Waals surface area contributed by atoms with Gasteiger partial charge in [0.15, 0.2) is 0 Å². The van der Waals surface area contributed by atoms with Crippen LogP contribution in [0.2, 0.25) is 0 Å². The number of phenolic OH excluding ortho intramolecular Hbond substituents is 1. The fourth-order valence-corrected chi connectivity index (χ4v) is 3.95. The van der Waals surface area contributed by atoms with E-state index in [1.54, 1.807) is 26.0 Å². The van der Waals surface area contributed by atoms with E-state index in [1.165, 1.54) is 17.0 Å². The Labute approximate surface area is 209 Å². The van der Waals surface area contributed by atoms with E-state index in [1.807, 2.05) is 0 Å². The zero-order chi connectivity index (χ0) is 27.0. The minimum Gasteiger partial charge on any atom is -0.508 e. The highest BCUT2D eigenvalue weighted by atomic mass is 16.4. The van der Waals surface area contributed by atoms with E-state index in [4.69, 9.17) is 11.5 Å². The SMILES string of the molecule is CC(C)C(N)C(=O)NC(Cc1ccc(O)cc1)C(=O)N1CCCC1C(=O)NC(CCC(N)=O)C(=O)O. The summed E-state index contributed by atoms with van der Waals surface area (Å²) in [5.74, 6) is -3.82. The molecule has 0 aliphatic carbocycles. The van der Waals surface area contributed by atoms with Crippen LogP contribution in [0.3, 0.4) is 0 Å². The summed E-state index contributed by atoms with van der Waals surface area (Å²) in [6.07, 6.45) is 0.515. The standard InChI is InChI=1S/C24H35N5O7/c1-13(2)20(26)22(33)28-17(12-14-5-7-15(30)8-6-14)23(34)29-11-3-4-18(29)21(32)27-16(24(35)36)9-10-19(25)31/h5-8,13,16-18,20,30H,3-4,9-12,26H2,1-2H3,(H2,25,31)(H,27,32)(H,28,33)(H,35,36). The Hall–Kier alpha value is -3.67. The van der Waals surface area contributed by atoms with Crippen LogP contribution < -0.4 is 22.1 Å². The number of nitrogens with zero attached hydrogens (tertiary/aromatic N) is 1. The molecule has 4 amide bonds. The Morgan fingerprint density at radius 2 is 1.72 bits per heavy atom. The molecule has 36 heavy (non-hydrogen) atoms. The number of hydrogen-bond donors (Lipinski definition) is 6. The van der Waals surface area contributed by atoms with Gasteiger partial charge in [0.25, 0.3) is 0 Å². The fourth-order valence-electron chi connectivity index (χ4n) is 3.95. The molecule has 12 nitrogen and oxygen atoms in total. The van der Waals surface area contributed by atoms with Crippen LogP contribution in [0.5, 0.6) is 5.75 Å². The van der Waals surface area contributed by atoms with Crippen LogP contribution in [-0.2, 0) is 30.4 Å². The fraction of sp³-hybridized carbons (Fsp3) is 0.542. The predicted molar refractivity (Wildman–Crippen MR) is 129 cm³/mol. The van der Waals surface area contributed by atoms with Gasteiger partial charge >= 0.3 is 5.97 Å². The molecule has 1 saturated heterocycles. The molecule has 0 radical (unpaired) electrons. The summed E-state index contributed by atoms with van der Waals surface area (Å²) in [5.41, 5.74) is 11.7. The first-order valence-electron chi connectivity index (χ1n) is 11.9. The van der Waals surface area contributed by atoms with E-state index in [2.05, 4.69) is 10.6 Å². The second-order valence-corrected chi connectivity index (χ2v) is 9.30. The molecular weight excluding hydrogens is 470 g/mol. The molecule has 1 aromatic carbocycles. The molecule has 1 aliphatic rings. The number of amides is 4. The molecule has 1 heterocycles. The molecule has 0 aromatic heterocycles. The number of hydrogen-bond acceptors (Lipinski definition) is 7. The zero-order valence-corrected chi connectivity index (χ0v) is 20.5. The summed E-state index contributed by atoms with van der Waals surface area (Å²) in [4.78, 5) is 63.1. The molecule has 4 unspecified atom stereocenters. The van der Waals surface area contributed by atoms with Crippen molar-refractivity contribution in [2.24, 2.45) is 17.4 Å². The molecule has 2 rings (SSSR count). The largest absolute Gasteiger partial charge is 0.508 e. The summed E-state index contributed by atoms with van der Waals surface area (Å²) < 4.78 is 0. The summed E-state index contributed by atoms with van der Waals surface area (Å²) in [6.45, 7) is 3.80. The highest BCUT2D eigenvalue weighted by Gasteiger charge is 2.39. The molecule has 12 heteroatoms. The molecule has 0 saturated carbocycles. The number of carboxylic acids is 1. The predicted octanol–water partition coefficient (Wildman–Crippen LogP) is -0.771. The summed E-state index contributed by atoms with van der Waals surface area (Å²) in [7, 11) is 0. The monoisotopic (exact) mass is 505 g/mol. The maximum Gasteiger partial charge on any atom is 0.326 e. The van der Waals surface area contributed by atoms with Crippen LogP contribution in [0.15, 0.2) is 24.3 Å². The topological polar surface area (TPSA) is 205 Å². The quantitative estimate of drug-likeness (QED) is 0.212. The first kappa shape index (κ1) is 28.6. The highest BCUT2D eigenvalue weighted by molar-refractivity contribution is 5.94. The first-order valence-corrected chi connectivity index (χ1v) is 11.9. The number of nitrogens with one attached hydrogen (secondary N) is 2. The van der Waals surface area contributed by atoms with Crippen molar-refractivity contribution in [1.82, 2.24) is 15.5 Å². The molecule has 4 atom stereocenters. The number of benzene rings is 1. The lowest BCUT2D eigenvalue weighted by atomic mass is 10.0. The van der Waals surface area contributed by atoms with E-state index in [0.29, 0.717) is 18.4 Å². The number of likely N-dealkylation sites (tertiary alicyclic amines) is 1. The van der Waals surface area contributed by atoms with Gasteiger partial charge in [-0.1, -0.05) is 26.0 Å². The summed E-state index contributed by atoms with van der Waals surface area (Å²) >= 11 is 0. The van der Waals surface area contributed by atoms with Gasteiger partial charge in [0.2, 0.25) is 23.6 Å². The lowest BCUT2D eigenvalue weighted by molar-refractivity contribution is -0.145. The van der Waals surface area contributed by atoms with Crippen LogP contribution in [-0.4, -0.2) is 75.4 Å². The van der Waals surface area contributed by atoms with E-state index >= 15 is 0 Å². The lowest BCUT2D eigenvalue weighted by Crippen LogP contribution is -2.57. The van der Waals surface area contributed by atoms with E-state index in [0.717, 1.165) is 0 Å². The van der Waals surface area contributed by atoms with Crippen molar-refractivity contribution in [2.45, 2.75) is 70.1 Å². The number of rotatable bonds is 12. The Balaban J connectivity index is 2.22. The number of carbonyl (C=O) groups is 5. The van der Waals surface area contributed by atoms with Gasteiger partial charge in [-0.25, -0.2) is 4.79 Å². The number of aliphatic carboxylic acids is 1. The van der Waals surface area contributed by atoms with Crippen molar-refractivity contribution in [3.63, 3.8) is 0 Å². The first-order chi connectivity index (χ1) is 16.9. The van der Waals surface area contributed by atoms with Crippen molar-refractivity contribution in [3.05, 3.63) is 29.8 Å². The van der Waals surface area contributed by atoms with Crippen molar-refractivity contribution in [2.75, 3.05) is 6.54 Å². The Morgan fingerprint density at radius 1 is 1.08 bits per heavy atom. The Kier molecular flexibility index (Phi) is 10.2. The smallest absolute Gasteiger partial charge is 0.326 e. The van der Waals surface area contributed by atoms with Crippen molar-refractivity contribution in [3.8, 4) is 5.75 Å². The van der Waals surface area contributed by atoms with Gasteiger partial charge in [-0.3, -0.25) is 19.2 Å². The van der Waals surface area contributed by atoms with E-state index in [9.17, 15) is 34.2 Å². The Bertz CT molecular complexity index is 966. The van der Waals surface area contributed by atoms with Gasteiger partial charge < -0.3 is 37.2 Å². The van der Waals surface area contributed by atoms with Crippen LogP contribution in [0.4, 0.5) is 0 Å². The maximum absolute atomic E-state index is 13.6. The average Bonchev–Trinajstić information content (AvgIpc) is 3.31. The number of carboxylic acid groups (broad SMARTS) is 1. The third-order valence-electron chi connectivity index (χ3n) is 6.14. The van der Waals surface area contributed by atoms with Crippen LogP contribution in [0.1, 0.15) is 45.1 Å². The van der Waals surface area contributed by atoms with Crippen LogP contribution in [0, 0.1) is 5.92 Å². The van der Waals surface area contributed by atoms with Gasteiger partial charge in [0.1, 0.15) is 23.9 Å². The van der Waals surface area contributed by atoms with Gasteiger partial charge in [0, 0.05) is 19.4 Å². The second kappa shape index (κ2) is 12.9. The third-order valence-corrected chi connectivity index (χ3v) is 6.14. The normalized spacial score (nSPS) is 17.8. The van der Waals surface area contributed by atoms with Gasteiger partial charge in [-0.2, -0.15) is 0 Å². The molecule has 8 N–H and O–H groups in total. The van der Waals surface area contributed by atoms with Gasteiger partial charge in [-0.05, 0) is 42.9 Å². The lowest BCUT2D eigenvalue weighted by Gasteiger charge is -2.30.